The van der Waals surface area contributed by atoms with Gasteiger partial charge in [-0.1, -0.05) is 72.8 Å². The maximum atomic E-state index is 12.1. The molecule has 0 amide bonds. The summed E-state index contributed by atoms with van der Waals surface area (Å²) in [5, 5.41) is 4.25. The molecule has 0 spiro atoms. The maximum absolute atomic E-state index is 12.1. The molecule has 0 saturated heterocycles. The van der Waals surface area contributed by atoms with E-state index in [4.69, 9.17) is 9.47 Å². The van der Waals surface area contributed by atoms with Crippen LogP contribution in [0.5, 0.6) is 11.5 Å². The number of aliphatic imine (C=N–C) groups is 1. The van der Waals surface area contributed by atoms with Crippen molar-refractivity contribution in [1.82, 2.24) is 4.57 Å². The molecule has 11 nitrogen and oxygen atoms in total. The molecular weight excluding hydrogens is 786 g/mol. The topological polar surface area (TPSA) is 159 Å². The number of aromatic nitrogens is 1. The van der Waals surface area contributed by atoms with E-state index in [1.54, 1.807) is 26.0 Å². The number of hydrogen-bond acceptors (Lipinski definition) is 9. The van der Waals surface area contributed by atoms with Crippen LogP contribution < -0.4 is 44.3 Å². The van der Waals surface area contributed by atoms with E-state index in [1.165, 1.54) is 24.3 Å². The number of rotatable bonds is 12. The Morgan fingerprint density at radius 2 is 1.34 bits per heavy atom. The van der Waals surface area contributed by atoms with Gasteiger partial charge in [-0.25, -0.2) is 13.4 Å². The third-order valence-electron chi connectivity index (χ3n) is 9.30. The van der Waals surface area contributed by atoms with Gasteiger partial charge in [0.2, 0.25) is 0 Å². The van der Waals surface area contributed by atoms with Gasteiger partial charge in [-0.2, -0.15) is 8.42 Å². The van der Waals surface area contributed by atoms with Crippen molar-refractivity contribution in [2.45, 2.75) is 23.6 Å². The van der Waals surface area contributed by atoms with Gasteiger partial charge in [-0.15, -0.1) is 0 Å². The normalized spacial score (nSPS) is 12.6. The Kier molecular flexibility index (Phi) is 12.9. The first kappa shape index (κ1) is 42.4. The number of fused-ring (bicyclic) bond motifs is 1. The Hall–Kier alpha value is -5.25. The number of benzene rings is 5. The van der Waals surface area contributed by atoms with Crippen LogP contribution in [0.15, 0.2) is 160 Å². The molecule has 2 N–H and O–H groups in total. The van der Waals surface area contributed by atoms with Crippen molar-refractivity contribution in [3.8, 4) is 22.8 Å². The summed E-state index contributed by atoms with van der Waals surface area (Å²) in [4.78, 5) is 3.85. The van der Waals surface area contributed by atoms with Gasteiger partial charge in [-0.05, 0) is 103 Å². The molecule has 6 aromatic rings. The predicted octanol–water partition coefficient (Wildman–Crippen LogP) is 6.24. The third kappa shape index (κ3) is 9.06. The molecule has 1 aliphatic carbocycles. The first-order valence-corrected chi connectivity index (χ1v) is 20.9. The van der Waals surface area contributed by atoms with Gasteiger partial charge in [0.25, 0.3) is 10.1 Å². The fraction of sp³-hybridized carbons (Fsp3) is 0.114. The third-order valence-corrected chi connectivity index (χ3v) is 11.0. The van der Waals surface area contributed by atoms with Crippen molar-refractivity contribution >= 4 is 59.5 Å². The van der Waals surface area contributed by atoms with E-state index in [9.17, 15) is 25.9 Å². The molecule has 1 heterocycles. The summed E-state index contributed by atoms with van der Waals surface area (Å²) in [6, 6.07) is 34.8. The van der Waals surface area contributed by atoms with Gasteiger partial charge in [0.05, 0.1) is 35.2 Å². The van der Waals surface area contributed by atoms with Crippen LogP contribution in [-0.4, -0.2) is 49.4 Å². The average molecular weight is 824 g/mol. The van der Waals surface area contributed by atoms with E-state index in [-0.39, 0.29) is 59.2 Å². The smallest absolute Gasteiger partial charge is 0.744 e. The summed E-state index contributed by atoms with van der Waals surface area (Å²) in [6.07, 6.45) is 7.60. The summed E-state index contributed by atoms with van der Waals surface area (Å²) in [5.74, 6) is 0.0387. The van der Waals surface area contributed by atoms with E-state index < -0.39 is 25.1 Å². The van der Waals surface area contributed by atoms with Crippen molar-refractivity contribution in [2.24, 2.45) is 12.0 Å². The van der Waals surface area contributed by atoms with Crippen LogP contribution in [0.2, 0.25) is 0 Å². The molecule has 14 heteroatoms. The zero-order valence-electron chi connectivity index (χ0n) is 32.2. The molecule has 1 aliphatic rings. The van der Waals surface area contributed by atoms with Gasteiger partial charge in [0.1, 0.15) is 26.5 Å². The van der Waals surface area contributed by atoms with E-state index >= 15 is 0 Å². The van der Waals surface area contributed by atoms with E-state index in [0.29, 0.717) is 22.8 Å². The Morgan fingerprint density at radius 3 is 1.98 bits per heavy atom. The van der Waals surface area contributed by atoms with Crippen molar-refractivity contribution in [3.63, 3.8) is 0 Å². The number of hydrogen-bond donors (Lipinski definition) is 2. The van der Waals surface area contributed by atoms with Crippen LogP contribution in [0.1, 0.15) is 25.0 Å². The number of allylic oxidation sites excluding steroid dienone is 5. The monoisotopic (exact) mass is 823 g/mol. The molecule has 0 bridgehead atoms. The zero-order valence-corrected chi connectivity index (χ0v) is 35.8. The fourth-order valence-corrected chi connectivity index (χ4v) is 8.17. The second-order valence-electron chi connectivity index (χ2n) is 13.0. The molecule has 1 aromatic heterocycles. The van der Waals surface area contributed by atoms with Crippen molar-refractivity contribution < 1.29 is 65.0 Å². The Balaban J connectivity index is 0.00000567. The summed E-state index contributed by atoms with van der Waals surface area (Å²) >= 11 is 0. The van der Waals surface area contributed by atoms with Gasteiger partial charge < -0.3 is 23.9 Å². The van der Waals surface area contributed by atoms with Crippen LogP contribution in [-0.2, 0) is 27.3 Å². The number of nitrogens with zero attached hydrogens (tertiary/aromatic N) is 2. The minimum absolute atomic E-state index is 0. The molecule has 0 fully saturated rings. The summed E-state index contributed by atoms with van der Waals surface area (Å²) < 4.78 is 83.2. The molecule has 0 aliphatic heterocycles. The van der Waals surface area contributed by atoms with Crippen molar-refractivity contribution in [2.75, 3.05) is 18.5 Å². The Labute approximate surface area is 359 Å². The van der Waals surface area contributed by atoms with Gasteiger partial charge in [-0.3, -0.25) is 4.55 Å². The minimum atomic E-state index is -4.79. The molecule has 7 rings (SSSR count). The average Bonchev–Trinajstić information content (AvgIpc) is 3.48. The van der Waals surface area contributed by atoms with Crippen LogP contribution in [0.3, 0.4) is 0 Å². The molecule has 0 unspecified atom stereocenters. The largest absolute Gasteiger partial charge is 1.00 e. The number of nitrogens with one attached hydrogen (secondary N) is 1. The standard InChI is InChI=1S/C44H39N3O8S2.Na/c1-4-54-38-25-23-34(27-40(38)56(48,49)50)45-32-19-15-29(16-20-32)42(43-36-13-9-10-14-37(36)47(3)44(43)31-11-7-6-8-12-31)30-17-21-33(22-18-30)46-35-24-26-39(55-5-2)41(28-35)57(51,52)53;/h6-28,45H,4-5H2,1-3H3,(H,48,49,50)(H,51,52,53);/q;+1/p-1. The summed E-state index contributed by atoms with van der Waals surface area (Å²) in [6.45, 7) is 3.85. The van der Waals surface area contributed by atoms with Crippen LogP contribution in [0.25, 0.3) is 27.7 Å². The molecule has 5 aromatic carbocycles. The van der Waals surface area contributed by atoms with E-state index in [0.717, 1.165) is 44.4 Å². The van der Waals surface area contributed by atoms with E-state index in [2.05, 4.69) is 39.1 Å². The van der Waals surface area contributed by atoms with E-state index in [1.807, 2.05) is 85.9 Å². The zero-order chi connectivity index (χ0) is 40.3. The quantitative estimate of drug-likeness (QED) is 0.108. The number of anilines is 2. The fourth-order valence-electron chi connectivity index (χ4n) is 6.87. The molecule has 0 saturated carbocycles. The number of ether oxygens (including phenoxy) is 2. The first-order valence-electron chi connectivity index (χ1n) is 18.0. The van der Waals surface area contributed by atoms with Crippen molar-refractivity contribution in [3.05, 3.63) is 156 Å². The molecule has 0 atom stereocenters. The first-order chi connectivity index (χ1) is 27.4. The molecule has 290 valence electrons. The van der Waals surface area contributed by atoms with Gasteiger partial charge in [0.15, 0.2) is 0 Å². The predicted molar refractivity (Wildman–Crippen MR) is 222 cm³/mol. The van der Waals surface area contributed by atoms with Crippen molar-refractivity contribution in [1.29, 1.82) is 0 Å². The summed E-state index contributed by atoms with van der Waals surface area (Å²) in [7, 11) is -7.31. The minimum Gasteiger partial charge on any atom is -0.744 e. The van der Waals surface area contributed by atoms with Crippen LogP contribution in [0, 0.1) is 0 Å². The summed E-state index contributed by atoms with van der Waals surface area (Å²) in [5.41, 5.74) is 8.71. The van der Waals surface area contributed by atoms with Crippen LogP contribution in [0.4, 0.5) is 17.1 Å². The molecule has 0 radical (unpaired) electrons. The molecule has 58 heavy (non-hydrogen) atoms. The Morgan fingerprint density at radius 1 is 0.741 bits per heavy atom. The second kappa shape index (κ2) is 17.7. The Bertz CT molecular complexity index is 2830. The van der Waals surface area contributed by atoms with Crippen LogP contribution >= 0.6 is 0 Å². The molecular formula is C44H38N3NaO8S2. The SMILES string of the molecule is CCOc1ccc(Nc2ccc(C(=C3C=CC(=Nc4ccc(OCC)c(S(=O)(=O)O)c4)C=C3)c3c(-c4ccccc4)n(C)c4ccccc34)cc2)cc1S(=O)(=O)[O-].[Na+]. The number of para-hydroxylation sites is 1. The second-order valence-corrected chi connectivity index (χ2v) is 15.7. The van der Waals surface area contributed by atoms with Gasteiger partial charge >= 0.3 is 29.6 Å². The maximum Gasteiger partial charge on any atom is 1.00 e. The van der Waals surface area contributed by atoms with Gasteiger partial charge in [0, 0.05) is 34.9 Å². The number of aryl methyl sites for hydroxylation is 1.